The lowest BCUT2D eigenvalue weighted by Gasteiger charge is -2.37. The number of anilines is 3. The van der Waals surface area contributed by atoms with Crippen LogP contribution in [0.15, 0.2) is 112 Å². The van der Waals surface area contributed by atoms with E-state index in [1.165, 1.54) is 0 Å². The Kier molecular flexibility index (Phi) is 4.19. The summed E-state index contributed by atoms with van der Waals surface area (Å²) >= 11 is 0. The van der Waals surface area contributed by atoms with Crippen LogP contribution >= 0.6 is 0 Å². The summed E-state index contributed by atoms with van der Waals surface area (Å²) in [4.78, 5) is 17.0. The maximum absolute atomic E-state index is 6.03. The molecular formula is C29H18BN5O2. The molecule has 0 amide bonds. The van der Waals surface area contributed by atoms with E-state index in [-0.39, 0.29) is 6.98 Å². The molecule has 0 fully saturated rings. The largest absolute Gasteiger partial charge is 0.462 e. The summed E-state index contributed by atoms with van der Waals surface area (Å²) < 4.78 is 11.9. The summed E-state index contributed by atoms with van der Waals surface area (Å²) in [5, 5.41) is 3.66. The summed E-state index contributed by atoms with van der Waals surface area (Å²) in [6, 6.07) is 30.1. The number of fused-ring (bicyclic) bond motifs is 4. The Morgan fingerprint density at radius 3 is 1.95 bits per heavy atom. The van der Waals surface area contributed by atoms with Crippen molar-refractivity contribution in [1.82, 2.24) is 15.0 Å². The first-order chi connectivity index (χ1) is 18.3. The van der Waals surface area contributed by atoms with Gasteiger partial charge in [0.1, 0.15) is 0 Å². The van der Waals surface area contributed by atoms with Gasteiger partial charge >= 0.3 is 6.98 Å². The van der Waals surface area contributed by atoms with Gasteiger partial charge in [-0.3, -0.25) is 0 Å². The van der Waals surface area contributed by atoms with Crippen molar-refractivity contribution in [1.29, 1.82) is 0 Å². The molecule has 1 N–H and O–H groups in total. The average Bonchev–Trinajstić information content (AvgIpc) is 3.64. The first-order valence-electron chi connectivity index (χ1n) is 12.1. The van der Waals surface area contributed by atoms with E-state index in [9.17, 15) is 0 Å². The minimum absolute atomic E-state index is 0.268. The van der Waals surface area contributed by atoms with E-state index in [0.717, 1.165) is 50.6 Å². The first kappa shape index (κ1) is 20.1. The SMILES string of the molecule is c1ccc(-c2nc(-c3ccccc3)nc(N3B4Nc5ccoc5-c5cccc(c54)-c4occc43)n2)cc1. The average molecular weight is 479 g/mol. The van der Waals surface area contributed by atoms with Gasteiger partial charge in [-0.2, -0.15) is 9.97 Å². The summed E-state index contributed by atoms with van der Waals surface area (Å²) in [6.07, 6.45) is 3.42. The molecule has 174 valence electrons. The predicted octanol–water partition coefficient (Wildman–Crippen LogP) is 6.00. The maximum atomic E-state index is 6.03. The van der Waals surface area contributed by atoms with Crippen LogP contribution in [0.3, 0.4) is 0 Å². The van der Waals surface area contributed by atoms with Crippen LogP contribution < -0.4 is 15.5 Å². The van der Waals surface area contributed by atoms with Crippen molar-refractivity contribution in [3.8, 4) is 45.4 Å². The number of hydrogen-bond donors (Lipinski definition) is 1. The van der Waals surface area contributed by atoms with Gasteiger partial charge in [0, 0.05) is 22.3 Å². The van der Waals surface area contributed by atoms with Crippen LogP contribution in [0.2, 0.25) is 0 Å². The second-order valence-electron chi connectivity index (χ2n) is 9.00. The molecule has 37 heavy (non-hydrogen) atoms. The molecule has 2 aliphatic rings. The van der Waals surface area contributed by atoms with Gasteiger partial charge in [0.2, 0.25) is 5.95 Å². The van der Waals surface area contributed by atoms with E-state index in [0.29, 0.717) is 17.6 Å². The molecule has 3 aromatic carbocycles. The monoisotopic (exact) mass is 479 g/mol. The van der Waals surface area contributed by atoms with Crippen LogP contribution in [0.5, 0.6) is 0 Å². The van der Waals surface area contributed by atoms with Crippen molar-refractivity contribution in [2.24, 2.45) is 0 Å². The molecule has 6 aromatic rings. The second kappa shape index (κ2) is 7.70. The Bertz CT molecular complexity index is 1710. The maximum Gasteiger partial charge on any atom is 0.417 e. The molecule has 2 aliphatic heterocycles. The minimum Gasteiger partial charge on any atom is -0.462 e. The molecular weight excluding hydrogens is 461 g/mol. The fraction of sp³-hybridized carbons (Fsp3) is 0. The van der Waals surface area contributed by atoms with E-state index in [2.05, 4.69) is 22.2 Å². The Morgan fingerprint density at radius 1 is 0.622 bits per heavy atom. The Morgan fingerprint density at radius 2 is 1.24 bits per heavy atom. The van der Waals surface area contributed by atoms with Crippen LogP contribution in [0.4, 0.5) is 17.3 Å². The van der Waals surface area contributed by atoms with Crippen LogP contribution in [0.1, 0.15) is 0 Å². The molecule has 0 spiro atoms. The summed E-state index contributed by atoms with van der Waals surface area (Å²) in [5.74, 6) is 3.32. The van der Waals surface area contributed by atoms with Gasteiger partial charge in [-0.15, -0.1) is 0 Å². The van der Waals surface area contributed by atoms with E-state index < -0.39 is 0 Å². The molecule has 5 heterocycles. The molecule has 0 saturated heterocycles. The first-order valence-corrected chi connectivity index (χ1v) is 12.1. The normalized spacial score (nSPS) is 13.0. The number of benzene rings is 3. The highest BCUT2D eigenvalue weighted by atomic mass is 16.3. The molecule has 0 atom stereocenters. The van der Waals surface area contributed by atoms with Gasteiger partial charge in [-0.05, 0) is 17.6 Å². The van der Waals surface area contributed by atoms with Crippen LogP contribution in [-0.4, -0.2) is 21.9 Å². The quantitative estimate of drug-likeness (QED) is 0.312. The third kappa shape index (κ3) is 2.99. The van der Waals surface area contributed by atoms with Gasteiger partial charge < -0.3 is 18.9 Å². The highest BCUT2D eigenvalue weighted by molar-refractivity contribution is 6.84. The lowest BCUT2D eigenvalue weighted by molar-refractivity contribution is 0.580. The Hall–Kier alpha value is -5.11. The lowest BCUT2D eigenvalue weighted by atomic mass is 9.57. The van der Waals surface area contributed by atoms with Crippen molar-refractivity contribution >= 4 is 29.8 Å². The van der Waals surface area contributed by atoms with Crippen molar-refractivity contribution in [3.63, 3.8) is 0 Å². The third-order valence-electron chi connectivity index (χ3n) is 6.89. The molecule has 0 aliphatic carbocycles. The zero-order chi connectivity index (χ0) is 24.3. The highest BCUT2D eigenvalue weighted by Gasteiger charge is 2.45. The smallest absolute Gasteiger partial charge is 0.417 e. The fourth-order valence-electron chi connectivity index (χ4n) is 5.26. The van der Waals surface area contributed by atoms with E-state index in [4.69, 9.17) is 23.8 Å². The van der Waals surface area contributed by atoms with Crippen LogP contribution in [0.25, 0.3) is 45.4 Å². The molecule has 0 radical (unpaired) electrons. The molecule has 0 saturated carbocycles. The van der Waals surface area contributed by atoms with Gasteiger partial charge in [0.05, 0.1) is 23.9 Å². The van der Waals surface area contributed by atoms with Crippen molar-refractivity contribution in [2.45, 2.75) is 0 Å². The van der Waals surface area contributed by atoms with Crippen LogP contribution in [0, 0.1) is 0 Å². The molecule has 8 rings (SSSR count). The number of hydrogen-bond acceptors (Lipinski definition) is 7. The van der Waals surface area contributed by atoms with Crippen molar-refractivity contribution in [2.75, 3.05) is 10.0 Å². The Labute approximate surface area is 212 Å². The number of aromatic nitrogens is 3. The minimum atomic E-state index is -0.268. The molecule has 8 heteroatoms. The molecule has 7 nitrogen and oxygen atoms in total. The van der Waals surface area contributed by atoms with E-state index in [1.54, 1.807) is 12.5 Å². The standard InChI is InChI=1S/C29H18BN5O2/c1-3-8-18(9-4-1)27-31-28(19-10-5-2-6-11-19)33-29(32-27)35-23-15-17-37-26(23)21-13-7-12-20-24(21)30(35)34-22-14-16-36-25(20)22/h1-17,34H. The van der Waals surface area contributed by atoms with Crippen molar-refractivity contribution in [3.05, 3.63) is 104 Å². The van der Waals surface area contributed by atoms with E-state index >= 15 is 0 Å². The Balaban J connectivity index is 1.39. The molecule has 3 aromatic heterocycles. The van der Waals surface area contributed by atoms with Crippen LogP contribution in [-0.2, 0) is 0 Å². The summed E-state index contributed by atoms with van der Waals surface area (Å²) in [6.45, 7) is -0.268. The number of rotatable bonds is 3. The number of nitrogens with one attached hydrogen (secondary N) is 1. The zero-order valence-electron chi connectivity index (χ0n) is 19.5. The van der Waals surface area contributed by atoms with Gasteiger partial charge in [0.25, 0.3) is 0 Å². The second-order valence-corrected chi connectivity index (χ2v) is 9.00. The molecule has 0 unspecified atom stereocenters. The topological polar surface area (TPSA) is 80.2 Å². The van der Waals surface area contributed by atoms with Gasteiger partial charge in [-0.25, -0.2) is 4.98 Å². The van der Waals surface area contributed by atoms with Crippen molar-refractivity contribution < 1.29 is 8.83 Å². The summed E-state index contributed by atoms with van der Waals surface area (Å²) in [5.41, 5.74) is 6.76. The predicted molar refractivity (Wildman–Crippen MR) is 144 cm³/mol. The van der Waals surface area contributed by atoms with Gasteiger partial charge in [-0.1, -0.05) is 78.9 Å². The zero-order valence-corrected chi connectivity index (χ0v) is 19.5. The highest BCUT2D eigenvalue weighted by Crippen LogP contribution is 2.44. The fourth-order valence-corrected chi connectivity index (χ4v) is 5.26. The van der Waals surface area contributed by atoms with E-state index in [1.807, 2.05) is 78.9 Å². The number of furan rings is 2. The number of nitrogens with zero attached hydrogens (tertiary/aromatic N) is 4. The molecule has 0 bridgehead atoms. The summed E-state index contributed by atoms with van der Waals surface area (Å²) in [7, 11) is 0. The van der Waals surface area contributed by atoms with Gasteiger partial charge in [0.15, 0.2) is 23.2 Å². The third-order valence-corrected chi connectivity index (χ3v) is 6.89. The lowest BCUT2D eigenvalue weighted by Crippen LogP contribution is -2.57.